The molecular weight excluding hydrogens is 332 g/mol. The van der Waals surface area contributed by atoms with Crippen molar-refractivity contribution in [2.75, 3.05) is 0 Å². The summed E-state index contributed by atoms with van der Waals surface area (Å²) < 4.78 is 35.3. The molecule has 142 valence electrons. The molecule has 0 aromatic carbocycles. The van der Waals surface area contributed by atoms with E-state index in [1.165, 1.54) is 0 Å². The predicted molar refractivity (Wildman–Crippen MR) is 82.2 cm³/mol. The number of esters is 1. The van der Waals surface area contributed by atoms with Crippen LogP contribution in [0.2, 0.25) is 0 Å². The van der Waals surface area contributed by atoms with E-state index in [0.29, 0.717) is 0 Å². The van der Waals surface area contributed by atoms with Crippen molar-refractivity contribution < 1.29 is 38.3 Å². The molecular formula is C17H26O8. The van der Waals surface area contributed by atoms with Crippen LogP contribution >= 0.6 is 0 Å². The number of aliphatic hydroxyl groups excluding tert-OH is 1. The molecule has 0 amide bonds. The summed E-state index contributed by atoms with van der Waals surface area (Å²) in [5, 5.41) is 10.6. The largest absolute Gasteiger partial charge is 0.456 e. The van der Waals surface area contributed by atoms with Gasteiger partial charge in [-0.2, -0.15) is 0 Å². The summed E-state index contributed by atoms with van der Waals surface area (Å²) in [5.74, 6) is -2.13. The first-order valence-corrected chi connectivity index (χ1v) is 8.67. The Hall–Kier alpha value is -0.770. The van der Waals surface area contributed by atoms with Crippen LogP contribution in [-0.4, -0.2) is 65.6 Å². The number of carbonyl (C=O) groups excluding carboxylic acids is 1. The minimum absolute atomic E-state index is 0.449. The molecule has 0 aromatic heterocycles. The zero-order valence-corrected chi connectivity index (χ0v) is 15.3. The van der Waals surface area contributed by atoms with Crippen LogP contribution in [0.15, 0.2) is 0 Å². The highest BCUT2D eigenvalue weighted by Crippen LogP contribution is 2.47. The van der Waals surface area contributed by atoms with E-state index in [4.69, 9.17) is 28.4 Å². The number of cyclic esters (lactones) is 1. The molecule has 4 saturated heterocycles. The molecule has 1 unspecified atom stereocenters. The topological polar surface area (TPSA) is 92.7 Å². The maximum Gasteiger partial charge on any atom is 0.314 e. The van der Waals surface area contributed by atoms with Crippen LogP contribution in [0.25, 0.3) is 0 Å². The maximum atomic E-state index is 12.1. The second-order valence-corrected chi connectivity index (χ2v) is 8.67. The molecule has 4 fully saturated rings. The van der Waals surface area contributed by atoms with Gasteiger partial charge in [0.05, 0.1) is 5.41 Å². The van der Waals surface area contributed by atoms with Crippen molar-refractivity contribution in [3.8, 4) is 0 Å². The molecule has 4 aliphatic heterocycles. The second-order valence-electron chi connectivity index (χ2n) is 8.67. The Morgan fingerprint density at radius 3 is 1.84 bits per heavy atom. The Kier molecular flexibility index (Phi) is 3.63. The highest BCUT2D eigenvalue weighted by molar-refractivity contribution is 5.79. The average Bonchev–Trinajstić information content (AvgIpc) is 3.02. The molecule has 25 heavy (non-hydrogen) atoms. The normalized spacial score (nSPS) is 49.6. The van der Waals surface area contributed by atoms with Gasteiger partial charge in [-0.1, -0.05) is 0 Å². The Balaban J connectivity index is 1.66. The highest BCUT2D eigenvalue weighted by Gasteiger charge is 2.65. The Bertz CT molecular complexity index is 585. The summed E-state index contributed by atoms with van der Waals surface area (Å²) in [4.78, 5) is 12.1. The molecule has 4 aliphatic rings. The predicted octanol–water partition coefficient (Wildman–Crippen LogP) is 0.695. The molecule has 4 rings (SSSR count). The summed E-state index contributed by atoms with van der Waals surface area (Å²) >= 11 is 0. The van der Waals surface area contributed by atoms with Crippen LogP contribution < -0.4 is 0 Å². The Morgan fingerprint density at radius 2 is 1.28 bits per heavy atom. The number of ether oxygens (including phenoxy) is 6. The average molecular weight is 358 g/mol. The minimum Gasteiger partial charge on any atom is -0.456 e. The summed E-state index contributed by atoms with van der Waals surface area (Å²) in [6.45, 7) is 10.5. The van der Waals surface area contributed by atoms with Gasteiger partial charge in [-0.05, 0) is 41.5 Å². The monoisotopic (exact) mass is 358 g/mol. The van der Waals surface area contributed by atoms with Crippen molar-refractivity contribution in [3.05, 3.63) is 0 Å². The van der Waals surface area contributed by atoms with E-state index in [2.05, 4.69) is 0 Å². The van der Waals surface area contributed by atoms with Crippen molar-refractivity contribution in [1.82, 2.24) is 0 Å². The zero-order chi connectivity index (χ0) is 18.4. The van der Waals surface area contributed by atoms with Gasteiger partial charge in [-0.3, -0.25) is 4.79 Å². The second kappa shape index (κ2) is 5.15. The molecule has 0 radical (unpaired) electrons. The Morgan fingerprint density at radius 1 is 0.760 bits per heavy atom. The first-order chi connectivity index (χ1) is 11.4. The quantitative estimate of drug-likeness (QED) is 0.685. The molecule has 0 saturated carbocycles. The zero-order valence-electron chi connectivity index (χ0n) is 15.3. The first kappa shape index (κ1) is 17.6. The molecule has 1 N–H and O–H groups in total. The van der Waals surface area contributed by atoms with E-state index in [-0.39, 0.29) is 0 Å². The lowest BCUT2D eigenvalue weighted by Gasteiger charge is -2.40. The smallest absolute Gasteiger partial charge is 0.314 e. The standard InChI is InChI=1S/C17H26O8/c1-15(2)12(18)10(21-14(15)19)7-8-9(23-16(3,4)22-8)11-13(20-7)25-17(5,6)24-11/h7-13,18H,1-6H3/t7?,8-,9-,10-,11+,12+,13+/m0/s1. The first-order valence-electron chi connectivity index (χ1n) is 8.67. The van der Waals surface area contributed by atoms with Crippen molar-refractivity contribution in [1.29, 1.82) is 0 Å². The van der Waals surface area contributed by atoms with Gasteiger partial charge in [-0.25, -0.2) is 0 Å². The number of hydrogen-bond acceptors (Lipinski definition) is 8. The van der Waals surface area contributed by atoms with Gasteiger partial charge in [0.1, 0.15) is 30.5 Å². The van der Waals surface area contributed by atoms with Crippen LogP contribution in [0.5, 0.6) is 0 Å². The summed E-state index contributed by atoms with van der Waals surface area (Å²) in [5.41, 5.74) is -1.01. The Labute approximate surface area is 146 Å². The minimum atomic E-state index is -1.02. The number of hydrogen-bond donors (Lipinski definition) is 1. The van der Waals surface area contributed by atoms with E-state index in [1.54, 1.807) is 41.5 Å². The van der Waals surface area contributed by atoms with Gasteiger partial charge in [0.2, 0.25) is 0 Å². The molecule has 0 bridgehead atoms. The van der Waals surface area contributed by atoms with Crippen molar-refractivity contribution in [2.45, 2.75) is 96.0 Å². The van der Waals surface area contributed by atoms with Crippen molar-refractivity contribution in [3.63, 3.8) is 0 Å². The fourth-order valence-corrected chi connectivity index (χ4v) is 4.03. The van der Waals surface area contributed by atoms with Crippen LogP contribution in [0.1, 0.15) is 41.5 Å². The van der Waals surface area contributed by atoms with Gasteiger partial charge < -0.3 is 33.5 Å². The van der Waals surface area contributed by atoms with E-state index in [9.17, 15) is 9.90 Å². The third-order valence-corrected chi connectivity index (χ3v) is 5.33. The number of rotatable bonds is 1. The van der Waals surface area contributed by atoms with E-state index in [0.717, 1.165) is 0 Å². The summed E-state index contributed by atoms with van der Waals surface area (Å²) in [6.07, 6.45) is -4.74. The van der Waals surface area contributed by atoms with Crippen LogP contribution in [-0.2, 0) is 33.2 Å². The van der Waals surface area contributed by atoms with Crippen molar-refractivity contribution in [2.24, 2.45) is 5.41 Å². The van der Waals surface area contributed by atoms with E-state index in [1.807, 2.05) is 0 Å². The molecule has 0 aliphatic carbocycles. The number of aliphatic hydroxyl groups is 1. The third kappa shape index (κ3) is 2.62. The van der Waals surface area contributed by atoms with E-state index >= 15 is 0 Å². The van der Waals surface area contributed by atoms with Gasteiger partial charge in [0.15, 0.2) is 24.0 Å². The summed E-state index contributed by atoms with van der Waals surface area (Å²) in [6, 6.07) is 0. The lowest BCUT2D eigenvalue weighted by Crippen LogP contribution is -2.60. The fourth-order valence-electron chi connectivity index (χ4n) is 4.03. The highest BCUT2D eigenvalue weighted by atomic mass is 16.9. The molecule has 0 spiro atoms. The lowest BCUT2D eigenvalue weighted by molar-refractivity contribution is -0.258. The maximum absolute atomic E-state index is 12.1. The van der Waals surface area contributed by atoms with Gasteiger partial charge >= 0.3 is 5.97 Å². The van der Waals surface area contributed by atoms with Crippen LogP contribution in [0, 0.1) is 5.41 Å². The SMILES string of the molecule is CC1(C)O[C@H]2OC([C@@H]3OC(=O)C(C)(C)[C@@H]3O)[C@@H]3OC(C)(C)O[C@@H]3[C@H]2O1. The molecule has 0 aromatic rings. The van der Waals surface area contributed by atoms with Gasteiger partial charge in [0.25, 0.3) is 0 Å². The molecule has 8 heteroatoms. The van der Waals surface area contributed by atoms with Crippen molar-refractivity contribution >= 4 is 5.97 Å². The van der Waals surface area contributed by atoms with Crippen LogP contribution in [0.4, 0.5) is 0 Å². The summed E-state index contributed by atoms with van der Waals surface area (Å²) in [7, 11) is 0. The van der Waals surface area contributed by atoms with Gasteiger partial charge in [0, 0.05) is 0 Å². The lowest BCUT2D eigenvalue weighted by atomic mass is 9.83. The van der Waals surface area contributed by atoms with Crippen LogP contribution in [0.3, 0.4) is 0 Å². The van der Waals surface area contributed by atoms with E-state index < -0.39 is 65.9 Å². The number of carbonyl (C=O) groups is 1. The molecule has 8 nitrogen and oxygen atoms in total. The number of fused-ring (bicyclic) bond motifs is 3. The third-order valence-electron chi connectivity index (χ3n) is 5.33. The molecule has 4 heterocycles. The van der Waals surface area contributed by atoms with Gasteiger partial charge in [-0.15, -0.1) is 0 Å². The fraction of sp³-hybridized carbons (Fsp3) is 0.941. The molecule has 7 atom stereocenters.